The van der Waals surface area contributed by atoms with Gasteiger partial charge in [0, 0.05) is 0 Å². The number of anilines is 1. The number of hydrogen-bond acceptors (Lipinski definition) is 5. The molecule has 3 aromatic carbocycles. The molecule has 1 N–H and O–H groups in total. The van der Waals surface area contributed by atoms with Crippen molar-refractivity contribution < 1.29 is 22.7 Å². The molecule has 0 spiro atoms. The lowest BCUT2D eigenvalue weighted by Gasteiger charge is -2.35. The number of carbonyl (C=O) groups excluding carboxylic acids is 1. The van der Waals surface area contributed by atoms with Crippen molar-refractivity contribution in [2.45, 2.75) is 63.0 Å². The van der Waals surface area contributed by atoms with Crippen LogP contribution in [0.25, 0.3) is 0 Å². The molecule has 1 heterocycles. The SMILES string of the molecule is CC[C@@H](NC(=O)[C@@H]1CN(S(=O)(=O)c2ccc(OC)cc2)c2ccc(C)cc2O1)c1ccc2c(c1)CCCC2. The van der Waals surface area contributed by atoms with Crippen molar-refractivity contribution in [3.05, 3.63) is 82.9 Å². The van der Waals surface area contributed by atoms with Crippen LogP contribution >= 0.6 is 0 Å². The van der Waals surface area contributed by atoms with Gasteiger partial charge >= 0.3 is 0 Å². The molecular formula is C30H34N2O5S. The molecule has 8 heteroatoms. The Bertz CT molecular complexity index is 1440. The molecule has 3 aromatic rings. The van der Waals surface area contributed by atoms with Crippen molar-refractivity contribution in [3.63, 3.8) is 0 Å². The minimum absolute atomic E-state index is 0.117. The van der Waals surface area contributed by atoms with Crippen LogP contribution in [0.3, 0.4) is 0 Å². The van der Waals surface area contributed by atoms with Gasteiger partial charge in [-0.3, -0.25) is 9.10 Å². The molecule has 0 saturated heterocycles. The molecule has 0 bridgehead atoms. The average molecular weight is 535 g/mol. The van der Waals surface area contributed by atoms with Crippen LogP contribution in [0.4, 0.5) is 5.69 Å². The van der Waals surface area contributed by atoms with Crippen molar-refractivity contribution in [2.75, 3.05) is 18.0 Å². The first-order valence-corrected chi connectivity index (χ1v) is 14.6. The highest BCUT2D eigenvalue weighted by Crippen LogP contribution is 2.38. The lowest BCUT2D eigenvalue weighted by molar-refractivity contribution is -0.128. The third kappa shape index (κ3) is 5.10. The number of hydrogen-bond donors (Lipinski definition) is 1. The second-order valence-electron chi connectivity index (χ2n) is 9.99. The highest BCUT2D eigenvalue weighted by atomic mass is 32.2. The molecule has 200 valence electrons. The smallest absolute Gasteiger partial charge is 0.264 e. The zero-order valence-corrected chi connectivity index (χ0v) is 22.9. The molecule has 0 radical (unpaired) electrons. The monoisotopic (exact) mass is 534 g/mol. The highest BCUT2D eigenvalue weighted by molar-refractivity contribution is 7.92. The Hall–Kier alpha value is -3.52. The lowest BCUT2D eigenvalue weighted by atomic mass is 9.88. The number of nitrogens with one attached hydrogen (secondary N) is 1. The molecule has 1 aliphatic heterocycles. The number of sulfonamides is 1. The first kappa shape index (κ1) is 26.1. The maximum absolute atomic E-state index is 13.7. The van der Waals surface area contributed by atoms with Gasteiger partial charge in [0.25, 0.3) is 15.9 Å². The van der Waals surface area contributed by atoms with Crippen LogP contribution in [0.5, 0.6) is 11.5 Å². The van der Waals surface area contributed by atoms with Crippen LogP contribution in [0, 0.1) is 6.92 Å². The normalized spacial score (nSPS) is 17.6. The Labute approximate surface area is 224 Å². The number of fused-ring (bicyclic) bond motifs is 2. The number of rotatable bonds is 7. The molecule has 1 aliphatic carbocycles. The first-order chi connectivity index (χ1) is 18.3. The van der Waals surface area contributed by atoms with Gasteiger partial charge in [-0.15, -0.1) is 0 Å². The zero-order chi connectivity index (χ0) is 26.9. The fraction of sp³-hybridized carbons (Fsp3) is 0.367. The van der Waals surface area contributed by atoms with Gasteiger partial charge in [0.05, 0.1) is 30.3 Å². The van der Waals surface area contributed by atoms with Gasteiger partial charge in [0.2, 0.25) is 0 Å². The fourth-order valence-corrected chi connectivity index (χ4v) is 6.73. The summed E-state index contributed by atoms with van der Waals surface area (Å²) in [6.07, 6.45) is 4.28. The Balaban J connectivity index is 1.42. The van der Waals surface area contributed by atoms with E-state index in [1.54, 1.807) is 24.3 Å². The Kier molecular flexibility index (Phi) is 7.34. The summed E-state index contributed by atoms with van der Waals surface area (Å²) in [6, 6.07) is 17.9. The third-order valence-electron chi connectivity index (χ3n) is 7.42. The van der Waals surface area contributed by atoms with E-state index < -0.39 is 16.1 Å². The maximum atomic E-state index is 13.7. The van der Waals surface area contributed by atoms with Gasteiger partial charge in [0.15, 0.2) is 6.10 Å². The summed E-state index contributed by atoms with van der Waals surface area (Å²) in [6.45, 7) is 3.81. The van der Waals surface area contributed by atoms with E-state index in [1.165, 1.54) is 47.5 Å². The van der Waals surface area contributed by atoms with E-state index in [4.69, 9.17) is 9.47 Å². The van der Waals surface area contributed by atoms with Gasteiger partial charge < -0.3 is 14.8 Å². The van der Waals surface area contributed by atoms with E-state index in [0.717, 1.165) is 24.0 Å². The maximum Gasteiger partial charge on any atom is 0.264 e. The van der Waals surface area contributed by atoms with Crippen LogP contribution in [-0.4, -0.2) is 34.1 Å². The molecule has 5 rings (SSSR count). The summed E-state index contributed by atoms with van der Waals surface area (Å²) in [4.78, 5) is 13.7. The second kappa shape index (κ2) is 10.7. The van der Waals surface area contributed by atoms with Gasteiger partial charge in [0.1, 0.15) is 11.5 Å². The number of ether oxygens (including phenoxy) is 2. The largest absolute Gasteiger partial charge is 0.497 e. The summed E-state index contributed by atoms with van der Waals surface area (Å²) in [5, 5.41) is 3.13. The molecule has 0 unspecified atom stereocenters. The predicted octanol–water partition coefficient (Wildman–Crippen LogP) is 5.11. The van der Waals surface area contributed by atoms with Crippen LogP contribution in [0.2, 0.25) is 0 Å². The van der Waals surface area contributed by atoms with Gasteiger partial charge in [-0.25, -0.2) is 8.42 Å². The van der Waals surface area contributed by atoms with Crippen LogP contribution < -0.4 is 19.1 Å². The van der Waals surface area contributed by atoms with E-state index in [1.807, 2.05) is 19.9 Å². The van der Waals surface area contributed by atoms with Gasteiger partial charge in [-0.05, 0) is 97.7 Å². The molecule has 0 fully saturated rings. The average Bonchev–Trinajstić information content (AvgIpc) is 2.94. The highest BCUT2D eigenvalue weighted by Gasteiger charge is 2.38. The zero-order valence-electron chi connectivity index (χ0n) is 22.1. The summed E-state index contributed by atoms with van der Waals surface area (Å²) in [5.74, 6) is 0.596. The van der Waals surface area contributed by atoms with E-state index in [0.29, 0.717) is 23.6 Å². The van der Waals surface area contributed by atoms with Gasteiger partial charge in [-0.2, -0.15) is 0 Å². The predicted molar refractivity (Wildman–Crippen MR) is 147 cm³/mol. The van der Waals surface area contributed by atoms with E-state index >= 15 is 0 Å². The Morgan fingerprint density at radius 2 is 1.79 bits per heavy atom. The van der Waals surface area contributed by atoms with Crippen LogP contribution in [0.15, 0.2) is 65.6 Å². The van der Waals surface area contributed by atoms with E-state index in [2.05, 4.69) is 23.5 Å². The van der Waals surface area contributed by atoms with E-state index in [-0.39, 0.29) is 23.4 Å². The topological polar surface area (TPSA) is 84.9 Å². The molecular weight excluding hydrogens is 500 g/mol. The van der Waals surface area contributed by atoms with Crippen LogP contribution in [0.1, 0.15) is 54.5 Å². The molecule has 0 aromatic heterocycles. The van der Waals surface area contributed by atoms with E-state index in [9.17, 15) is 13.2 Å². The minimum atomic E-state index is -3.96. The minimum Gasteiger partial charge on any atom is -0.497 e. The Morgan fingerprint density at radius 1 is 1.05 bits per heavy atom. The van der Waals surface area contributed by atoms with Crippen molar-refractivity contribution >= 4 is 21.6 Å². The molecule has 1 amide bonds. The lowest BCUT2D eigenvalue weighted by Crippen LogP contribution is -2.51. The second-order valence-corrected chi connectivity index (χ2v) is 11.9. The van der Waals surface area contributed by atoms with Crippen molar-refractivity contribution in [1.82, 2.24) is 5.32 Å². The summed E-state index contributed by atoms with van der Waals surface area (Å²) in [5.41, 5.74) is 5.14. The van der Waals surface area contributed by atoms with Crippen LogP contribution in [-0.2, 0) is 27.7 Å². The van der Waals surface area contributed by atoms with Gasteiger partial charge in [-0.1, -0.05) is 31.2 Å². The molecule has 2 atom stereocenters. The summed E-state index contributed by atoms with van der Waals surface area (Å²) < 4.78 is 40.0. The standard InChI is InChI=1S/C30H34N2O5S/c1-4-26(23-11-10-21-7-5-6-8-22(21)18-23)31-30(33)29-19-32(27-16-9-20(2)17-28(27)37-29)38(34,35)25-14-12-24(36-3)13-15-25/h9-18,26,29H,4-8,19H2,1-3H3,(H,31,33)/t26-,29+/m1/s1. The van der Waals surface area contributed by atoms with Crippen molar-refractivity contribution in [3.8, 4) is 11.5 Å². The fourth-order valence-electron chi connectivity index (χ4n) is 5.26. The Morgan fingerprint density at radius 3 is 2.50 bits per heavy atom. The molecule has 38 heavy (non-hydrogen) atoms. The number of amides is 1. The van der Waals surface area contributed by atoms with Crippen molar-refractivity contribution in [1.29, 1.82) is 0 Å². The molecule has 0 saturated carbocycles. The third-order valence-corrected chi connectivity index (χ3v) is 9.22. The number of methoxy groups -OCH3 is 1. The number of aryl methyl sites for hydroxylation is 3. The first-order valence-electron chi connectivity index (χ1n) is 13.2. The quantitative estimate of drug-likeness (QED) is 0.456. The number of carbonyl (C=O) groups is 1. The molecule has 7 nitrogen and oxygen atoms in total. The number of nitrogens with zero attached hydrogens (tertiary/aromatic N) is 1. The summed E-state index contributed by atoms with van der Waals surface area (Å²) >= 11 is 0. The number of benzene rings is 3. The summed E-state index contributed by atoms with van der Waals surface area (Å²) in [7, 11) is -2.43. The van der Waals surface area contributed by atoms with Crippen molar-refractivity contribution in [2.24, 2.45) is 0 Å². The molecule has 2 aliphatic rings.